The Labute approximate surface area is 125 Å². The molecule has 1 fully saturated rings. The van der Waals surface area contributed by atoms with Crippen LogP contribution in [0, 0.1) is 11.3 Å². The van der Waals surface area contributed by atoms with Crippen molar-refractivity contribution in [2.45, 2.75) is 18.9 Å². The SMILES string of the molecule is N#Cc1ccc(N2CCC(OCC(=O)O)CC2)cc1Br. The zero-order valence-electron chi connectivity index (χ0n) is 10.9. The number of halogens is 1. The van der Waals surface area contributed by atoms with Gasteiger partial charge in [0.1, 0.15) is 12.7 Å². The number of carboxylic acids is 1. The molecule has 0 aromatic heterocycles. The molecule has 5 nitrogen and oxygen atoms in total. The molecule has 1 aromatic carbocycles. The van der Waals surface area contributed by atoms with Gasteiger partial charge in [0.05, 0.1) is 11.7 Å². The maximum absolute atomic E-state index is 10.5. The Hall–Kier alpha value is -1.58. The van der Waals surface area contributed by atoms with Gasteiger partial charge in [-0.2, -0.15) is 5.26 Å². The molecule has 1 aliphatic heterocycles. The van der Waals surface area contributed by atoms with Crippen LogP contribution >= 0.6 is 15.9 Å². The highest BCUT2D eigenvalue weighted by molar-refractivity contribution is 9.10. The molecule has 0 amide bonds. The molecule has 1 saturated heterocycles. The molecule has 1 heterocycles. The summed E-state index contributed by atoms with van der Waals surface area (Å²) in [5.41, 5.74) is 1.68. The molecular formula is C14H15BrN2O3. The fourth-order valence-electron chi connectivity index (χ4n) is 2.26. The van der Waals surface area contributed by atoms with Crippen molar-refractivity contribution in [1.29, 1.82) is 5.26 Å². The third kappa shape index (κ3) is 3.71. The Morgan fingerprint density at radius 1 is 1.50 bits per heavy atom. The van der Waals surface area contributed by atoms with E-state index in [1.807, 2.05) is 12.1 Å². The number of benzene rings is 1. The predicted octanol–water partition coefficient (Wildman–Crippen LogP) is 2.39. The predicted molar refractivity (Wildman–Crippen MR) is 77.7 cm³/mol. The molecule has 1 N–H and O–H groups in total. The summed E-state index contributed by atoms with van der Waals surface area (Å²) in [6, 6.07) is 7.79. The molecule has 0 unspecified atom stereocenters. The zero-order chi connectivity index (χ0) is 14.5. The van der Waals surface area contributed by atoms with E-state index in [0.29, 0.717) is 5.56 Å². The molecule has 1 aliphatic rings. The van der Waals surface area contributed by atoms with E-state index in [1.165, 1.54) is 0 Å². The minimum Gasteiger partial charge on any atom is -0.480 e. The number of carbonyl (C=O) groups is 1. The standard InChI is InChI=1S/C14H15BrN2O3/c15-13-7-11(2-1-10(13)8-16)17-5-3-12(4-6-17)20-9-14(18)19/h1-2,7,12H,3-6,9H2,(H,18,19). The van der Waals surface area contributed by atoms with E-state index < -0.39 is 5.97 Å². The van der Waals surface area contributed by atoms with Crippen LogP contribution in [0.4, 0.5) is 5.69 Å². The van der Waals surface area contributed by atoms with E-state index in [0.717, 1.165) is 36.1 Å². The Morgan fingerprint density at radius 2 is 2.20 bits per heavy atom. The normalized spacial score (nSPS) is 15.9. The minimum atomic E-state index is -0.927. The lowest BCUT2D eigenvalue weighted by molar-refractivity contribution is -0.144. The van der Waals surface area contributed by atoms with E-state index in [-0.39, 0.29) is 12.7 Å². The van der Waals surface area contributed by atoms with Crippen molar-refractivity contribution in [3.8, 4) is 6.07 Å². The molecule has 6 heteroatoms. The Balaban J connectivity index is 1.92. The van der Waals surface area contributed by atoms with Crippen LogP contribution in [-0.2, 0) is 9.53 Å². The lowest BCUT2D eigenvalue weighted by Gasteiger charge is -2.33. The van der Waals surface area contributed by atoms with Gasteiger partial charge in [-0.25, -0.2) is 4.79 Å². The van der Waals surface area contributed by atoms with Gasteiger partial charge in [-0.15, -0.1) is 0 Å². The molecule has 1 aromatic rings. The van der Waals surface area contributed by atoms with Gasteiger partial charge < -0.3 is 14.7 Å². The molecular weight excluding hydrogens is 324 g/mol. The number of piperidine rings is 1. The minimum absolute atomic E-state index is 0.0178. The van der Waals surface area contributed by atoms with Crippen LogP contribution in [0.15, 0.2) is 22.7 Å². The number of rotatable bonds is 4. The molecule has 0 saturated carbocycles. The van der Waals surface area contributed by atoms with Crippen molar-refractivity contribution in [3.05, 3.63) is 28.2 Å². The van der Waals surface area contributed by atoms with Crippen molar-refractivity contribution in [1.82, 2.24) is 0 Å². The highest BCUT2D eigenvalue weighted by Crippen LogP contribution is 2.26. The maximum Gasteiger partial charge on any atom is 0.329 e. The number of nitrogens with zero attached hydrogens (tertiary/aromatic N) is 2. The van der Waals surface area contributed by atoms with Crippen LogP contribution in [0.2, 0.25) is 0 Å². The summed E-state index contributed by atoms with van der Waals surface area (Å²) in [4.78, 5) is 12.7. The number of aliphatic carboxylic acids is 1. The van der Waals surface area contributed by atoms with E-state index in [4.69, 9.17) is 15.1 Å². The molecule has 0 spiro atoms. The van der Waals surface area contributed by atoms with Gasteiger partial charge in [-0.1, -0.05) is 0 Å². The monoisotopic (exact) mass is 338 g/mol. The molecule has 0 aliphatic carbocycles. The van der Waals surface area contributed by atoms with Gasteiger partial charge in [0, 0.05) is 23.2 Å². The Morgan fingerprint density at radius 3 is 2.75 bits per heavy atom. The van der Waals surface area contributed by atoms with E-state index in [1.54, 1.807) is 6.07 Å². The zero-order valence-corrected chi connectivity index (χ0v) is 12.5. The van der Waals surface area contributed by atoms with Gasteiger partial charge in [0.25, 0.3) is 0 Å². The Kier molecular flexibility index (Phi) is 4.99. The average Bonchev–Trinajstić information content (AvgIpc) is 2.45. The fraction of sp³-hybridized carbons (Fsp3) is 0.429. The second-order valence-corrected chi connectivity index (χ2v) is 5.52. The van der Waals surface area contributed by atoms with Crippen LogP contribution in [0.5, 0.6) is 0 Å². The van der Waals surface area contributed by atoms with Crippen molar-refractivity contribution >= 4 is 27.6 Å². The summed E-state index contributed by atoms with van der Waals surface area (Å²) in [6.07, 6.45) is 1.64. The smallest absolute Gasteiger partial charge is 0.329 e. The first kappa shape index (κ1) is 14.8. The first-order valence-corrected chi connectivity index (χ1v) is 7.17. The highest BCUT2D eigenvalue weighted by atomic mass is 79.9. The summed E-state index contributed by atoms with van der Waals surface area (Å²) >= 11 is 3.39. The topological polar surface area (TPSA) is 73.6 Å². The quantitative estimate of drug-likeness (QED) is 0.912. The van der Waals surface area contributed by atoms with Crippen LogP contribution in [0.25, 0.3) is 0 Å². The largest absolute Gasteiger partial charge is 0.480 e. The van der Waals surface area contributed by atoms with Crippen molar-refractivity contribution in [3.63, 3.8) is 0 Å². The third-order valence-electron chi connectivity index (χ3n) is 3.32. The number of hydrogen-bond donors (Lipinski definition) is 1. The summed E-state index contributed by atoms with van der Waals surface area (Å²) in [7, 11) is 0. The summed E-state index contributed by atoms with van der Waals surface area (Å²) in [6.45, 7) is 1.42. The van der Waals surface area contributed by atoms with E-state index >= 15 is 0 Å². The van der Waals surface area contributed by atoms with E-state index in [2.05, 4.69) is 26.9 Å². The number of hydrogen-bond acceptors (Lipinski definition) is 4. The van der Waals surface area contributed by atoms with Gasteiger partial charge in [0.2, 0.25) is 0 Å². The van der Waals surface area contributed by atoms with Gasteiger partial charge in [-0.3, -0.25) is 0 Å². The first-order chi connectivity index (χ1) is 9.60. The Bertz CT molecular complexity index is 534. The maximum atomic E-state index is 10.5. The summed E-state index contributed by atoms with van der Waals surface area (Å²) < 4.78 is 6.10. The van der Waals surface area contributed by atoms with Crippen LogP contribution in [0.3, 0.4) is 0 Å². The summed E-state index contributed by atoms with van der Waals surface area (Å²) in [5, 5.41) is 17.5. The van der Waals surface area contributed by atoms with Gasteiger partial charge in [-0.05, 0) is 47.0 Å². The van der Waals surface area contributed by atoms with E-state index in [9.17, 15) is 4.79 Å². The van der Waals surface area contributed by atoms with Crippen LogP contribution in [-0.4, -0.2) is 36.9 Å². The molecule has 0 bridgehead atoms. The number of nitriles is 1. The summed E-state index contributed by atoms with van der Waals surface area (Å²) in [5.74, 6) is -0.927. The van der Waals surface area contributed by atoms with Gasteiger partial charge in [0.15, 0.2) is 0 Å². The van der Waals surface area contributed by atoms with Crippen molar-refractivity contribution in [2.75, 3.05) is 24.6 Å². The lowest BCUT2D eigenvalue weighted by Crippen LogP contribution is -2.37. The second-order valence-electron chi connectivity index (χ2n) is 4.67. The molecule has 0 atom stereocenters. The molecule has 20 heavy (non-hydrogen) atoms. The fourth-order valence-corrected chi connectivity index (χ4v) is 2.72. The molecule has 2 rings (SSSR count). The average molecular weight is 339 g/mol. The van der Waals surface area contributed by atoms with Crippen molar-refractivity contribution < 1.29 is 14.6 Å². The van der Waals surface area contributed by atoms with Crippen molar-refractivity contribution in [2.24, 2.45) is 0 Å². The first-order valence-electron chi connectivity index (χ1n) is 6.38. The molecule has 106 valence electrons. The lowest BCUT2D eigenvalue weighted by atomic mass is 10.1. The molecule has 0 radical (unpaired) electrons. The van der Waals surface area contributed by atoms with Crippen LogP contribution in [0.1, 0.15) is 18.4 Å². The second kappa shape index (κ2) is 6.73. The third-order valence-corrected chi connectivity index (χ3v) is 3.98. The number of ether oxygens (including phenoxy) is 1. The number of carboxylic acid groups (broad SMARTS) is 1. The van der Waals surface area contributed by atoms with Gasteiger partial charge >= 0.3 is 5.97 Å². The number of anilines is 1. The van der Waals surface area contributed by atoms with Crippen LogP contribution < -0.4 is 4.90 Å². The highest BCUT2D eigenvalue weighted by Gasteiger charge is 2.21.